The number of nitrogens with one attached hydrogen (secondary N) is 1. The minimum atomic E-state index is -1.30. The second-order valence-electron chi connectivity index (χ2n) is 6.96. The lowest BCUT2D eigenvalue weighted by atomic mass is 9.82. The molecule has 0 atom stereocenters. The van der Waals surface area contributed by atoms with Crippen LogP contribution in [0.25, 0.3) is 11.5 Å². The van der Waals surface area contributed by atoms with Crippen molar-refractivity contribution in [2.24, 2.45) is 0 Å². The lowest BCUT2D eigenvalue weighted by Crippen LogP contribution is -2.45. The number of rotatable bonds is 5. The molecule has 1 N–H and O–H groups in total. The molecule has 1 aliphatic heterocycles. The zero-order chi connectivity index (χ0) is 20.6. The van der Waals surface area contributed by atoms with Crippen LogP contribution in [0.3, 0.4) is 0 Å². The molecule has 4 aromatic rings. The summed E-state index contributed by atoms with van der Waals surface area (Å²) in [4.78, 5) is 27.7. The largest absolute Gasteiger partial charge is 0.461 e. The van der Waals surface area contributed by atoms with E-state index in [0.29, 0.717) is 28.3 Å². The summed E-state index contributed by atoms with van der Waals surface area (Å²) in [6, 6.07) is 23.1. The molecule has 0 spiro atoms. The van der Waals surface area contributed by atoms with Crippen LogP contribution in [-0.2, 0) is 16.9 Å². The van der Waals surface area contributed by atoms with Crippen LogP contribution in [0.2, 0.25) is 0 Å². The summed E-state index contributed by atoms with van der Waals surface area (Å²) in [5.41, 5.74) is 0.525. The molecule has 1 aliphatic rings. The fourth-order valence-electron chi connectivity index (χ4n) is 3.74. The van der Waals surface area contributed by atoms with Crippen LogP contribution in [0, 0.1) is 0 Å². The zero-order valence-corrected chi connectivity index (χ0v) is 15.8. The summed E-state index contributed by atoms with van der Waals surface area (Å²) < 4.78 is 10.6. The van der Waals surface area contributed by atoms with Crippen molar-refractivity contribution in [1.29, 1.82) is 0 Å². The second kappa shape index (κ2) is 7.04. The van der Waals surface area contributed by atoms with Gasteiger partial charge in [0.15, 0.2) is 11.3 Å². The Hall–Kier alpha value is -4.13. The van der Waals surface area contributed by atoms with Gasteiger partial charge >= 0.3 is 6.03 Å². The Kier molecular flexibility index (Phi) is 4.21. The van der Waals surface area contributed by atoms with E-state index in [1.807, 2.05) is 60.7 Å². The molecule has 1 fully saturated rings. The van der Waals surface area contributed by atoms with E-state index in [4.69, 9.17) is 8.94 Å². The van der Waals surface area contributed by atoms with Crippen molar-refractivity contribution in [3.63, 3.8) is 0 Å². The first-order valence-corrected chi connectivity index (χ1v) is 9.43. The number of furan rings is 1. The topological polar surface area (TPSA) is 88.6 Å². The Morgan fingerprint density at radius 3 is 2.13 bits per heavy atom. The van der Waals surface area contributed by atoms with Crippen LogP contribution >= 0.6 is 0 Å². The first kappa shape index (κ1) is 17.9. The Balaban J connectivity index is 1.51. The van der Waals surface area contributed by atoms with Gasteiger partial charge in [0.25, 0.3) is 5.91 Å². The van der Waals surface area contributed by atoms with E-state index in [-0.39, 0.29) is 12.5 Å². The average Bonchev–Trinajstić information content (AvgIpc) is 3.52. The number of urea groups is 1. The Morgan fingerprint density at radius 1 is 0.867 bits per heavy atom. The predicted molar refractivity (Wildman–Crippen MR) is 107 cm³/mol. The van der Waals surface area contributed by atoms with Gasteiger partial charge < -0.3 is 14.3 Å². The smallest absolute Gasteiger partial charge is 0.325 e. The van der Waals surface area contributed by atoms with Crippen molar-refractivity contribution >= 4 is 11.9 Å². The number of amides is 3. The molecule has 30 heavy (non-hydrogen) atoms. The molecule has 1 saturated heterocycles. The van der Waals surface area contributed by atoms with Gasteiger partial charge in [-0.25, -0.2) is 4.79 Å². The monoisotopic (exact) mass is 399 g/mol. The maximum Gasteiger partial charge on any atom is 0.325 e. The summed E-state index contributed by atoms with van der Waals surface area (Å²) >= 11 is 0. The highest BCUT2D eigenvalue weighted by atomic mass is 16.5. The van der Waals surface area contributed by atoms with E-state index in [9.17, 15) is 9.59 Å². The van der Waals surface area contributed by atoms with Crippen LogP contribution in [0.5, 0.6) is 0 Å². The maximum atomic E-state index is 13.6. The van der Waals surface area contributed by atoms with Crippen molar-refractivity contribution in [2.75, 3.05) is 0 Å². The number of hydrogen-bond acceptors (Lipinski definition) is 5. The van der Waals surface area contributed by atoms with Crippen LogP contribution in [0.4, 0.5) is 4.79 Å². The highest BCUT2D eigenvalue weighted by molar-refractivity contribution is 6.09. The number of hydrogen-bond donors (Lipinski definition) is 1. The van der Waals surface area contributed by atoms with E-state index in [2.05, 4.69) is 10.5 Å². The number of imide groups is 1. The molecule has 0 aliphatic carbocycles. The maximum absolute atomic E-state index is 13.6. The normalized spacial score (nSPS) is 15.4. The van der Waals surface area contributed by atoms with Gasteiger partial charge in [-0.05, 0) is 23.3 Å². The van der Waals surface area contributed by atoms with Crippen LogP contribution in [0.1, 0.15) is 16.8 Å². The van der Waals surface area contributed by atoms with E-state index >= 15 is 0 Å². The molecule has 3 heterocycles. The lowest BCUT2D eigenvalue weighted by Gasteiger charge is -2.27. The first-order valence-electron chi connectivity index (χ1n) is 9.43. The van der Waals surface area contributed by atoms with Gasteiger partial charge in [-0.3, -0.25) is 9.69 Å². The van der Waals surface area contributed by atoms with E-state index < -0.39 is 11.6 Å². The molecular formula is C23H17N3O4. The van der Waals surface area contributed by atoms with Gasteiger partial charge in [0, 0.05) is 6.07 Å². The zero-order valence-electron chi connectivity index (χ0n) is 15.8. The molecule has 3 amide bonds. The summed E-state index contributed by atoms with van der Waals surface area (Å²) in [5, 5.41) is 6.90. The minimum absolute atomic E-state index is 0.0176. The number of carbonyl (C=O) groups excluding carboxylic acids is 2. The van der Waals surface area contributed by atoms with Crippen LogP contribution in [-0.4, -0.2) is 22.0 Å². The van der Waals surface area contributed by atoms with Gasteiger partial charge in [0.05, 0.1) is 12.8 Å². The Labute approximate surface area is 171 Å². The van der Waals surface area contributed by atoms with Gasteiger partial charge in [0.2, 0.25) is 5.76 Å². The molecule has 0 radical (unpaired) electrons. The molecule has 148 valence electrons. The van der Waals surface area contributed by atoms with Crippen LogP contribution < -0.4 is 5.32 Å². The summed E-state index contributed by atoms with van der Waals surface area (Å²) in [7, 11) is 0. The van der Waals surface area contributed by atoms with Gasteiger partial charge in [-0.2, -0.15) is 0 Å². The SMILES string of the molecule is O=C1NC(c2ccccc2)(c2ccccc2)C(=O)N1Cc1cc(-c2ccco2)on1. The third-order valence-corrected chi connectivity index (χ3v) is 5.16. The molecule has 2 aromatic heterocycles. The number of benzene rings is 2. The Bertz CT molecular complexity index is 1140. The van der Waals surface area contributed by atoms with Gasteiger partial charge in [0.1, 0.15) is 5.69 Å². The third kappa shape index (κ3) is 2.79. The molecule has 5 rings (SSSR count). The fraction of sp³-hybridized carbons (Fsp3) is 0.0870. The molecule has 7 nitrogen and oxygen atoms in total. The number of nitrogens with zero attached hydrogens (tertiary/aromatic N) is 2. The molecule has 2 aromatic carbocycles. The van der Waals surface area contributed by atoms with Crippen molar-refractivity contribution < 1.29 is 18.5 Å². The minimum Gasteiger partial charge on any atom is -0.461 e. The predicted octanol–water partition coefficient (Wildman–Crippen LogP) is 3.93. The third-order valence-electron chi connectivity index (χ3n) is 5.16. The molecule has 0 unspecified atom stereocenters. The van der Waals surface area contributed by atoms with Crippen molar-refractivity contribution in [2.45, 2.75) is 12.1 Å². The van der Waals surface area contributed by atoms with E-state index in [1.165, 1.54) is 6.26 Å². The molecular weight excluding hydrogens is 382 g/mol. The fourth-order valence-corrected chi connectivity index (χ4v) is 3.74. The van der Waals surface area contributed by atoms with E-state index in [1.54, 1.807) is 18.2 Å². The number of aromatic nitrogens is 1. The number of carbonyl (C=O) groups is 2. The summed E-state index contributed by atoms with van der Waals surface area (Å²) in [6.45, 7) is -0.0176. The first-order chi connectivity index (χ1) is 14.7. The van der Waals surface area contributed by atoms with Crippen LogP contribution in [0.15, 0.2) is 94.1 Å². The van der Waals surface area contributed by atoms with E-state index in [0.717, 1.165) is 4.90 Å². The highest BCUT2D eigenvalue weighted by Gasteiger charge is 2.53. The van der Waals surface area contributed by atoms with Crippen molar-refractivity contribution in [3.8, 4) is 11.5 Å². The van der Waals surface area contributed by atoms with Gasteiger partial charge in [-0.15, -0.1) is 0 Å². The molecule has 0 saturated carbocycles. The second-order valence-corrected chi connectivity index (χ2v) is 6.96. The van der Waals surface area contributed by atoms with Gasteiger partial charge in [-0.1, -0.05) is 65.8 Å². The summed E-state index contributed by atoms with van der Waals surface area (Å²) in [6.07, 6.45) is 1.53. The van der Waals surface area contributed by atoms with Crippen molar-refractivity contribution in [3.05, 3.63) is 102 Å². The Morgan fingerprint density at radius 2 is 1.53 bits per heavy atom. The quantitative estimate of drug-likeness (QED) is 0.514. The highest BCUT2D eigenvalue weighted by Crippen LogP contribution is 2.36. The standard InChI is InChI=1S/C23H17N3O4/c27-21-23(16-8-3-1-4-9-16,17-10-5-2-6-11-17)24-22(28)26(21)15-18-14-20(30-25-18)19-12-7-13-29-19/h1-14H,15H2,(H,24,28). The molecule has 0 bridgehead atoms. The van der Waals surface area contributed by atoms with Crippen molar-refractivity contribution in [1.82, 2.24) is 15.4 Å². The average molecular weight is 399 g/mol. The molecule has 7 heteroatoms. The lowest BCUT2D eigenvalue weighted by molar-refractivity contribution is -0.130. The summed E-state index contributed by atoms with van der Waals surface area (Å²) in [5.74, 6) is 0.584.